The minimum absolute atomic E-state index is 0.201. The molecule has 1 atom stereocenters. The van der Waals surface area contributed by atoms with E-state index in [-0.39, 0.29) is 11.0 Å². The van der Waals surface area contributed by atoms with Crippen LogP contribution in [-0.2, 0) is 14.6 Å². The summed E-state index contributed by atoms with van der Waals surface area (Å²) < 4.78 is 33.7. The normalized spacial score (nSPS) is 13.5. The van der Waals surface area contributed by atoms with Gasteiger partial charge in [-0.2, -0.15) is 0 Å². The van der Waals surface area contributed by atoms with Gasteiger partial charge in [-0.15, -0.1) is 0 Å². The van der Waals surface area contributed by atoms with Gasteiger partial charge in [0.15, 0.2) is 9.84 Å². The summed E-state index contributed by atoms with van der Waals surface area (Å²) in [6, 6.07) is 5.10. The first-order chi connectivity index (χ1) is 7.41. The van der Waals surface area contributed by atoms with Crippen LogP contribution in [0, 0.1) is 0 Å². The zero-order valence-corrected chi connectivity index (χ0v) is 10.7. The number of benzene rings is 1. The molecule has 0 N–H and O–H groups in total. The molecule has 1 rings (SSSR count). The van der Waals surface area contributed by atoms with Crippen LogP contribution in [0.1, 0.15) is 18.6 Å². The Kier molecular flexibility index (Phi) is 3.93. The van der Waals surface area contributed by atoms with Crippen LogP contribution in [0.3, 0.4) is 0 Å². The maximum atomic E-state index is 11.7. The van der Waals surface area contributed by atoms with Crippen molar-refractivity contribution in [3.8, 4) is 5.75 Å². The second-order valence-corrected chi connectivity index (χ2v) is 5.48. The Morgan fingerprint density at radius 3 is 2.31 bits per heavy atom. The monoisotopic (exact) mass is 244 g/mol. The van der Waals surface area contributed by atoms with Crippen LogP contribution < -0.4 is 4.74 Å². The maximum absolute atomic E-state index is 11.7. The fourth-order valence-electron chi connectivity index (χ4n) is 1.54. The van der Waals surface area contributed by atoms with E-state index in [0.29, 0.717) is 11.3 Å². The highest BCUT2D eigenvalue weighted by atomic mass is 32.2. The highest BCUT2D eigenvalue weighted by Crippen LogP contribution is 2.32. The van der Waals surface area contributed by atoms with Gasteiger partial charge in [0.25, 0.3) is 0 Å². The molecule has 0 radical (unpaired) electrons. The molecule has 0 aliphatic heterocycles. The third-order valence-corrected chi connectivity index (χ3v) is 3.57. The molecule has 0 saturated carbocycles. The number of hydrogen-bond acceptors (Lipinski definition) is 4. The number of hydrogen-bond donors (Lipinski definition) is 0. The van der Waals surface area contributed by atoms with Gasteiger partial charge < -0.3 is 9.47 Å². The zero-order chi connectivity index (χ0) is 12.3. The van der Waals surface area contributed by atoms with Crippen LogP contribution in [-0.4, -0.2) is 28.9 Å². The van der Waals surface area contributed by atoms with E-state index >= 15 is 0 Å². The first-order valence-corrected chi connectivity index (χ1v) is 6.70. The van der Waals surface area contributed by atoms with E-state index in [9.17, 15) is 8.42 Å². The van der Waals surface area contributed by atoms with Crippen LogP contribution in [0.25, 0.3) is 0 Å². The van der Waals surface area contributed by atoms with E-state index in [0.717, 1.165) is 6.26 Å². The number of sulfone groups is 1. The van der Waals surface area contributed by atoms with Crippen LogP contribution in [0.4, 0.5) is 0 Å². The van der Waals surface area contributed by atoms with Crippen LogP contribution in [0.5, 0.6) is 5.75 Å². The molecule has 1 aromatic rings. The molecule has 16 heavy (non-hydrogen) atoms. The van der Waals surface area contributed by atoms with Crippen molar-refractivity contribution in [3.63, 3.8) is 0 Å². The molecule has 0 spiro atoms. The van der Waals surface area contributed by atoms with Gasteiger partial charge in [-0.25, -0.2) is 8.42 Å². The Morgan fingerprint density at radius 1 is 1.25 bits per heavy atom. The van der Waals surface area contributed by atoms with E-state index in [2.05, 4.69) is 0 Å². The SMILES string of the molecule is COc1cccc(C(C)OC)c1S(C)(=O)=O. The lowest BCUT2D eigenvalue weighted by Gasteiger charge is -2.16. The summed E-state index contributed by atoms with van der Waals surface area (Å²) >= 11 is 0. The van der Waals surface area contributed by atoms with Gasteiger partial charge in [0.1, 0.15) is 10.6 Å². The van der Waals surface area contributed by atoms with Gasteiger partial charge in [0.05, 0.1) is 13.2 Å². The average Bonchev–Trinajstić information content (AvgIpc) is 2.25. The van der Waals surface area contributed by atoms with E-state index in [4.69, 9.17) is 9.47 Å². The highest BCUT2D eigenvalue weighted by Gasteiger charge is 2.22. The van der Waals surface area contributed by atoms with Gasteiger partial charge in [0, 0.05) is 18.9 Å². The molecule has 0 aliphatic carbocycles. The molecule has 0 aromatic heterocycles. The lowest BCUT2D eigenvalue weighted by Crippen LogP contribution is -2.08. The lowest BCUT2D eigenvalue weighted by atomic mass is 10.1. The van der Waals surface area contributed by atoms with Gasteiger partial charge >= 0.3 is 0 Å². The van der Waals surface area contributed by atoms with Gasteiger partial charge in [0.2, 0.25) is 0 Å². The Bertz CT molecular complexity index is 465. The molecule has 0 bridgehead atoms. The molecule has 1 aromatic carbocycles. The van der Waals surface area contributed by atoms with Crippen molar-refractivity contribution < 1.29 is 17.9 Å². The summed E-state index contributed by atoms with van der Waals surface area (Å²) in [6.45, 7) is 1.80. The summed E-state index contributed by atoms with van der Waals surface area (Å²) in [5.74, 6) is 0.351. The number of rotatable bonds is 4. The first kappa shape index (κ1) is 13.0. The minimum atomic E-state index is -3.34. The maximum Gasteiger partial charge on any atom is 0.179 e. The molecule has 4 nitrogen and oxygen atoms in total. The van der Waals surface area contributed by atoms with Crippen molar-refractivity contribution in [2.24, 2.45) is 0 Å². The van der Waals surface area contributed by atoms with Crippen molar-refractivity contribution >= 4 is 9.84 Å². The van der Waals surface area contributed by atoms with Crippen molar-refractivity contribution in [1.29, 1.82) is 0 Å². The third kappa shape index (κ3) is 2.54. The van der Waals surface area contributed by atoms with E-state index in [1.807, 2.05) is 0 Å². The molecule has 1 unspecified atom stereocenters. The van der Waals surface area contributed by atoms with Crippen molar-refractivity contribution in [2.45, 2.75) is 17.9 Å². The molecule has 0 saturated heterocycles. The Balaban J connectivity index is 3.50. The van der Waals surface area contributed by atoms with E-state index in [1.165, 1.54) is 14.2 Å². The molecule has 0 aliphatic rings. The largest absolute Gasteiger partial charge is 0.495 e. The zero-order valence-electron chi connectivity index (χ0n) is 9.85. The standard InChI is InChI=1S/C11H16O4S/c1-8(14-2)9-6-5-7-10(15-3)11(9)16(4,12)13/h5-8H,1-4H3. The Hall–Kier alpha value is -1.07. The fourth-order valence-corrected chi connectivity index (χ4v) is 2.72. The Morgan fingerprint density at radius 2 is 1.88 bits per heavy atom. The molecule has 5 heteroatoms. The summed E-state index contributed by atoms with van der Waals surface area (Å²) in [5, 5.41) is 0. The molecule has 0 heterocycles. The highest BCUT2D eigenvalue weighted by molar-refractivity contribution is 7.90. The number of ether oxygens (including phenoxy) is 2. The summed E-state index contributed by atoms with van der Waals surface area (Å²) in [4.78, 5) is 0.201. The summed E-state index contributed by atoms with van der Waals surface area (Å²) in [7, 11) is -0.349. The van der Waals surface area contributed by atoms with Gasteiger partial charge in [-0.05, 0) is 13.0 Å². The van der Waals surface area contributed by atoms with Crippen molar-refractivity contribution in [3.05, 3.63) is 23.8 Å². The predicted molar refractivity (Wildman–Crippen MR) is 61.5 cm³/mol. The lowest BCUT2D eigenvalue weighted by molar-refractivity contribution is 0.117. The average molecular weight is 244 g/mol. The molecular formula is C11H16O4S. The van der Waals surface area contributed by atoms with Crippen LogP contribution in [0.2, 0.25) is 0 Å². The topological polar surface area (TPSA) is 52.6 Å². The van der Waals surface area contributed by atoms with Crippen molar-refractivity contribution in [2.75, 3.05) is 20.5 Å². The summed E-state index contributed by atoms with van der Waals surface area (Å²) in [5.41, 5.74) is 0.615. The van der Waals surface area contributed by atoms with E-state index in [1.54, 1.807) is 25.1 Å². The smallest absolute Gasteiger partial charge is 0.179 e. The van der Waals surface area contributed by atoms with Gasteiger partial charge in [-0.3, -0.25) is 0 Å². The molecule has 0 amide bonds. The molecule has 0 fully saturated rings. The fraction of sp³-hybridized carbons (Fsp3) is 0.455. The molecular weight excluding hydrogens is 228 g/mol. The van der Waals surface area contributed by atoms with Crippen LogP contribution in [0.15, 0.2) is 23.1 Å². The second kappa shape index (κ2) is 4.84. The predicted octanol–water partition coefficient (Wildman–Crippen LogP) is 1.81. The quantitative estimate of drug-likeness (QED) is 0.810. The Labute approximate surface area is 96.1 Å². The third-order valence-electron chi connectivity index (χ3n) is 2.39. The van der Waals surface area contributed by atoms with Gasteiger partial charge in [-0.1, -0.05) is 12.1 Å². The molecule has 90 valence electrons. The number of methoxy groups -OCH3 is 2. The summed E-state index contributed by atoms with van der Waals surface area (Å²) in [6.07, 6.45) is 0.872. The van der Waals surface area contributed by atoms with Crippen LogP contribution >= 0.6 is 0 Å². The first-order valence-electron chi connectivity index (χ1n) is 4.81. The van der Waals surface area contributed by atoms with Crippen molar-refractivity contribution in [1.82, 2.24) is 0 Å². The minimum Gasteiger partial charge on any atom is -0.495 e. The van der Waals surface area contributed by atoms with E-state index < -0.39 is 9.84 Å². The second-order valence-electron chi connectivity index (χ2n) is 3.53.